The second kappa shape index (κ2) is 11.3. The Balaban J connectivity index is 0.000000451. The molecule has 1 aliphatic rings. The Bertz CT molecular complexity index is 889. The number of hydrogen-bond acceptors (Lipinski definition) is 5. The Morgan fingerprint density at radius 2 is 1.91 bits per heavy atom. The zero-order valence-corrected chi connectivity index (χ0v) is 17.6. The molecule has 2 aromatic rings. The van der Waals surface area contributed by atoms with Crippen LogP contribution in [0.2, 0.25) is 0 Å². The number of carbonyl (C=O) groups excluding carboxylic acids is 1. The van der Waals surface area contributed by atoms with Gasteiger partial charge < -0.3 is 19.5 Å². The lowest BCUT2D eigenvalue weighted by Crippen LogP contribution is -2.49. The lowest BCUT2D eigenvalue weighted by molar-refractivity contribution is -0.192. The highest BCUT2D eigenvalue weighted by Gasteiger charge is 2.38. The van der Waals surface area contributed by atoms with E-state index in [1.165, 1.54) is 0 Å². The van der Waals surface area contributed by atoms with Gasteiger partial charge in [-0.15, -0.1) is 0 Å². The van der Waals surface area contributed by atoms with E-state index < -0.39 is 12.1 Å². The standard InChI is InChI=1S/C19H23N3O3.C2HF3O2/c1-14-10-15(2)20-18(11-14)21-19(23)22-8-9-24-17(12-22)13-25-16-6-4-3-5-7-16;3-2(4,5)1(6)7/h3-7,10-11,17H,8-9,12-13H2,1-2H3,(H,20,21,23);(H,6,7). The summed E-state index contributed by atoms with van der Waals surface area (Å²) in [7, 11) is 0. The smallest absolute Gasteiger partial charge is 0.490 e. The fraction of sp³-hybridized carbons (Fsp3) is 0.381. The molecule has 2 N–H and O–H groups in total. The van der Waals surface area contributed by atoms with Crippen LogP contribution in [0.5, 0.6) is 5.75 Å². The van der Waals surface area contributed by atoms with E-state index in [9.17, 15) is 18.0 Å². The molecule has 2 heterocycles. The van der Waals surface area contributed by atoms with Crippen molar-refractivity contribution in [3.05, 3.63) is 53.7 Å². The molecule has 1 aromatic carbocycles. The number of para-hydroxylation sites is 1. The number of aromatic nitrogens is 1. The molecule has 1 fully saturated rings. The number of carboxylic acid groups (broad SMARTS) is 1. The van der Waals surface area contributed by atoms with Gasteiger partial charge in [-0.25, -0.2) is 14.6 Å². The first-order valence-electron chi connectivity index (χ1n) is 9.65. The van der Waals surface area contributed by atoms with E-state index in [1.807, 2.05) is 56.3 Å². The number of pyridine rings is 1. The number of morpholine rings is 1. The largest absolute Gasteiger partial charge is 0.491 e. The summed E-state index contributed by atoms with van der Waals surface area (Å²) in [5.41, 5.74) is 1.95. The van der Waals surface area contributed by atoms with Crippen molar-refractivity contribution < 1.29 is 37.3 Å². The number of ether oxygens (including phenoxy) is 2. The van der Waals surface area contributed by atoms with Crippen molar-refractivity contribution in [2.75, 3.05) is 31.6 Å². The van der Waals surface area contributed by atoms with Crippen molar-refractivity contribution in [2.24, 2.45) is 0 Å². The Morgan fingerprint density at radius 3 is 2.50 bits per heavy atom. The molecule has 8 nitrogen and oxygen atoms in total. The predicted molar refractivity (Wildman–Crippen MR) is 110 cm³/mol. The Morgan fingerprint density at radius 1 is 1.25 bits per heavy atom. The average Bonchev–Trinajstić information content (AvgIpc) is 2.72. The molecular weight excluding hydrogens is 431 g/mol. The van der Waals surface area contributed by atoms with Crippen LogP contribution in [0.15, 0.2) is 42.5 Å². The van der Waals surface area contributed by atoms with Crippen LogP contribution in [0.4, 0.5) is 23.8 Å². The third kappa shape index (κ3) is 8.42. The molecule has 0 bridgehead atoms. The molecule has 2 amide bonds. The molecule has 0 aliphatic carbocycles. The van der Waals surface area contributed by atoms with E-state index in [1.54, 1.807) is 4.90 Å². The van der Waals surface area contributed by atoms with E-state index in [-0.39, 0.29) is 12.1 Å². The highest BCUT2D eigenvalue weighted by Crippen LogP contribution is 2.14. The van der Waals surface area contributed by atoms with E-state index in [4.69, 9.17) is 19.4 Å². The molecule has 1 aromatic heterocycles. The number of urea groups is 1. The van der Waals surface area contributed by atoms with Gasteiger partial charge in [0.05, 0.1) is 13.2 Å². The van der Waals surface area contributed by atoms with E-state index >= 15 is 0 Å². The second-order valence-electron chi connectivity index (χ2n) is 6.97. The number of anilines is 1. The van der Waals surface area contributed by atoms with Crippen LogP contribution in [-0.2, 0) is 9.53 Å². The van der Waals surface area contributed by atoms with Gasteiger partial charge in [0.25, 0.3) is 0 Å². The molecule has 3 rings (SSSR count). The molecule has 32 heavy (non-hydrogen) atoms. The number of hydrogen-bond donors (Lipinski definition) is 2. The van der Waals surface area contributed by atoms with Crippen LogP contribution in [0.3, 0.4) is 0 Å². The molecule has 1 aliphatic heterocycles. The van der Waals surface area contributed by atoms with Gasteiger partial charge in [0.15, 0.2) is 0 Å². The highest BCUT2D eigenvalue weighted by atomic mass is 19.4. The molecule has 11 heteroatoms. The lowest BCUT2D eigenvalue weighted by atomic mass is 10.2. The topological polar surface area (TPSA) is 101 Å². The van der Waals surface area contributed by atoms with Crippen molar-refractivity contribution in [2.45, 2.75) is 26.1 Å². The number of benzene rings is 1. The molecule has 0 saturated carbocycles. The van der Waals surface area contributed by atoms with Crippen molar-refractivity contribution in [1.29, 1.82) is 0 Å². The minimum Gasteiger partial charge on any atom is -0.491 e. The third-order valence-electron chi connectivity index (χ3n) is 4.18. The summed E-state index contributed by atoms with van der Waals surface area (Å²) in [4.78, 5) is 27.5. The van der Waals surface area contributed by atoms with Gasteiger partial charge in [0, 0.05) is 12.2 Å². The number of nitrogens with one attached hydrogen (secondary N) is 1. The minimum atomic E-state index is -5.08. The zero-order valence-electron chi connectivity index (χ0n) is 17.6. The van der Waals surface area contributed by atoms with Gasteiger partial charge in [0.2, 0.25) is 0 Å². The third-order valence-corrected chi connectivity index (χ3v) is 4.18. The maximum absolute atomic E-state index is 12.5. The summed E-state index contributed by atoms with van der Waals surface area (Å²) in [6, 6.07) is 13.3. The number of nitrogens with zero attached hydrogens (tertiary/aromatic N) is 2. The van der Waals surface area contributed by atoms with Crippen LogP contribution < -0.4 is 10.1 Å². The van der Waals surface area contributed by atoms with E-state index in [0.29, 0.717) is 32.1 Å². The van der Waals surface area contributed by atoms with Crippen LogP contribution in [0, 0.1) is 13.8 Å². The van der Waals surface area contributed by atoms with Gasteiger partial charge in [-0.2, -0.15) is 13.2 Å². The van der Waals surface area contributed by atoms with Crippen LogP contribution in [0.25, 0.3) is 0 Å². The maximum Gasteiger partial charge on any atom is 0.490 e. The monoisotopic (exact) mass is 455 g/mol. The quantitative estimate of drug-likeness (QED) is 0.730. The number of rotatable bonds is 4. The van der Waals surface area contributed by atoms with Crippen molar-refractivity contribution in [1.82, 2.24) is 9.88 Å². The number of alkyl halides is 3. The van der Waals surface area contributed by atoms with Crippen LogP contribution in [0.1, 0.15) is 11.3 Å². The minimum absolute atomic E-state index is 0.146. The number of carboxylic acids is 1. The van der Waals surface area contributed by atoms with Crippen LogP contribution in [-0.4, -0.2) is 65.6 Å². The SMILES string of the molecule is Cc1cc(C)nc(NC(=O)N2CCOC(COc3ccccc3)C2)c1.O=C(O)C(F)(F)F. The molecule has 1 saturated heterocycles. The highest BCUT2D eigenvalue weighted by molar-refractivity contribution is 5.88. The van der Waals surface area contributed by atoms with Crippen molar-refractivity contribution >= 4 is 17.8 Å². The fourth-order valence-electron chi connectivity index (χ4n) is 2.80. The Kier molecular flexibility index (Phi) is 8.82. The van der Waals surface area contributed by atoms with E-state index in [2.05, 4.69) is 10.3 Å². The van der Waals surface area contributed by atoms with Crippen LogP contribution >= 0.6 is 0 Å². The van der Waals surface area contributed by atoms with Gasteiger partial charge in [-0.1, -0.05) is 18.2 Å². The normalized spacial score (nSPS) is 15.9. The number of aryl methyl sites for hydroxylation is 2. The summed E-state index contributed by atoms with van der Waals surface area (Å²) in [5, 5.41) is 9.99. The molecule has 1 atom stereocenters. The molecule has 0 radical (unpaired) electrons. The first-order chi connectivity index (χ1) is 15.0. The molecule has 1 unspecified atom stereocenters. The lowest BCUT2D eigenvalue weighted by Gasteiger charge is -2.32. The number of aliphatic carboxylic acids is 1. The predicted octanol–water partition coefficient (Wildman–Crippen LogP) is 3.64. The fourth-order valence-corrected chi connectivity index (χ4v) is 2.80. The summed E-state index contributed by atoms with van der Waals surface area (Å²) in [6.07, 6.45) is -5.23. The maximum atomic E-state index is 12.5. The number of amides is 2. The van der Waals surface area contributed by atoms with Gasteiger partial charge >= 0.3 is 18.2 Å². The van der Waals surface area contributed by atoms with Crippen molar-refractivity contribution in [3.63, 3.8) is 0 Å². The summed E-state index contributed by atoms with van der Waals surface area (Å²) < 4.78 is 43.2. The molecule has 174 valence electrons. The summed E-state index contributed by atoms with van der Waals surface area (Å²) >= 11 is 0. The average molecular weight is 455 g/mol. The first kappa shape index (κ1) is 24.9. The first-order valence-corrected chi connectivity index (χ1v) is 9.65. The van der Waals surface area contributed by atoms with Gasteiger partial charge in [0.1, 0.15) is 24.3 Å². The second-order valence-corrected chi connectivity index (χ2v) is 6.97. The molecule has 0 spiro atoms. The Hall–Kier alpha value is -3.34. The van der Waals surface area contributed by atoms with Gasteiger partial charge in [-0.3, -0.25) is 5.32 Å². The molecular formula is C21H24F3N3O5. The van der Waals surface area contributed by atoms with E-state index in [0.717, 1.165) is 17.0 Å². The zero-order chi connectivity index (χ0) is 23.7. The number of carbonyl (C=O) groups is 2. The summed E-state index contributed by atoms with van der Waals surface area (Å²) in [6.45, 7) is 5.85. The summed E-state index contributed by atoms with van der Waals surface area (Å²) in [5.74, 6) is -1.38. The number of halogens is 3. The van der Waals surface area contributed by atoms with Gasteiger partial charge in [-0.05, 0) is 43.7 Å². The Labute approximate surface area is 183 Å². The van der Waals surface area contributed by atoms with Crippen molar-refractivity contribution in [3.8, 4) is 5.75 Å².